The summed E-state index contributed by atoms with van der Waals surface area (Å²) in [5.74, 6) is 1.08. The molecule has 1 aromatic carbocycles. The molecule has 0 saturated carbocycles. The van der Waals surface area contributed by atoms with Gasteiger partial charge in [0.05, 0.1) is 19.2 Å². The quantitative estimate of drug-likeness (QED) is 0.867. The number of ether oxygens (including phenoxy) is 2. The normalized spacial score (nSPS) is 18.7. The number of piperidine rings is 1. The highest BCUT2D eigenvalue weighted by Gasteiger charge is 2.32. The van der Waals surface area contributed by atoms with Crippen molar-refractivity contribution in [1.29, 1.82) is 0 Å². The van der Waals surface area contributed by atoms with Gasteiger partial charge in [-0.05, 0) is 25.7 Å². The highest BCUT2D eigenvalue weighted by Crippen LogP contribution is 2.37. The summed E-state index contributed by atoms with van der Waals surface area (Å²) in [4.78, 5) is 0.0380. The van der Waals surface area contributed by atoms with Gasteiger partial charge >= 0.3 is 0 Å². The van der Waals surface area contributed by atoms with Gasteiger partial charge < -0.3 is 15.2 Å². The van der Waals surface area contributed by atoms with E-state index in [0.717, 1.165) is 12.8 Å². The molecule has 0 bridgehead atoms. The van der Waals surface area contributed by atoms with Crippen LogP contribution in [0.3, 0.4) is 0 Å². The van der Waals surface area contributed by atoms with E-state index in [4.69, 9.17) is 26.8 Å². The molecule has 8 heteroatoms. The summed E-state index contributed by atoms with van der Waals surface area (Å²) in [5.41, 5.74) is 5.91. The minimum absolute atomic E-state index is 0.0380. The Hall–Kier alpha value is -1.02. The fourth-order valence-electron chi connectivity index (χ4n) is 2.81. The van der Waals surface area contributed by atoms with E-state index in [1.165, 1.54) is 30.7 Å². The lowest BCUT2D eigenvalue weighted by Crippen LogP contribution is -2.42. The molecule has 1 aromatic rings. The minimum Gasteiger partial charge on any atom is -0.493 e. The Morgan fingerprint density at radius 1 is 1.22 bits per heavy atom. The molecule has 1 aliphatic heterocycles. The average molecular weight is 363 g/mol. The SMILES string of the molecule is COc1cc(Cl)c(S(=O)(=O)N2CCC(C(C)N)CC2)cc1OC. The Morgan fingerprint density at radius 3 is 2.22 bits per heavy atom. The Morgan fingerprint density at radius 2 is 1.74 bits per heavy atom. The molecule has 23 heavy (non-hydrogen) atoms. The Bertz CT molecular complexity index is 656. The van der Waals surface area contributed by atoms with Gasteiger partial charge in [-0.1, -0.05) is 11.6 Å². The molecule has 130 valence electrons. The maximum atomic E-state index is 12.9. The van der Waals surface area contributed by atoms with Crippen LogP contribution in [0, 0.1) is 5.92 Å². The summed E-state index contributed by atoms with van der Waals surface area (Å²) < 4.78 is 37.5. The van der Waals surface area contributed by atoms with Crippen LogP contribution in [0.4, 0.5) is 0 Å². The van der Waals surface area contributed by atoms with Crippen molar-refractivity contribution in [3.63, 3.8) is 0 Å². The lowest BCUT2D eigenvalue weighted by molar-refractivity contribution is 0.250. The number of sulfonamides is 1. The molecule has 0 radical (unpaired) electrons. The Balaban J connectivity index is 2.30. The van der Waals surface area contributed by atoms with E-state index in [1.54, 1.807) is 0 Å². The molecule has 2 rings (SSSR count). The molecule has 1 aliphatic rings. The van der Waals surface area contributed by atoms with Crippen LogP contribution in [0.15, 0.2) is 17.0 Å². The number of halogens is 1. The van der Waals surface area contributed by atoms with Gasteiger partial charge in [0.1, 0.15) is 4.90 Å². The summed E-state index contributed by atoms with van der Waals surface area (Å²) >= 11 is 6.16. The van der Waals surface area contributed by atoms with E-state index in [0.29, 0.717) is 30.5 Å². The minimum atomic E-state index is -3.67. The van der Waals surface area contributed by atoms with Gasteiger partial charge in [0, 0.05) is 31.3 Å². The highest BCUT2D eigenvalue weighted by atomic mass is 35.5. The maximum Gasteiger partial charge on any atom is 0.244 e. The predicted octanol–water partition coefficient (Wildman–Crippen LogP) is 2.11. The molecular formula is C15H23ClN2O4S. The van der Waals surface area contributed by atoms with Crippen LogP contribution in [0.1, 0.15) is 19.8 Å². The number of rotatable bonds is 5. The van der Waals surface area contributed by atoms with Gasteiger partial charge in [0.25, 0.3) is 0 Å². The second-order valence-corrected chi connectivity index (χ2v) is 8.05. The van der Waals surface area contributed by atoms with Gasteiger partial charge in [0.15, 0.2) is 11.5 Å². The van der Waals surface area contributed by atoms with E-state index < -0.39 is 10.0 Å². The van der Waals surface area contributed by atoms with E-state index in [9.17, 15) is 8.42 Å². The van der Waals surface area contributed by atoms with Crippen LogP contribution in [-0.2, 0) is 10.0 Å². The fraction of sp³-hybridized carbons (Fsp3) is 0.600. The van der Waals surface area contributed by atoms with Crippen molar-refractivity contribution >= 4 is 21.6 Å². The zero-order valence-electron chi connectivity index (χ0n) is 13.6. The molecule has 0 amide bonds. The fourth-order valence-corrected chi connectivity index (χ4v) is 4.79. The van der Waals surface area contributed by atoms with Gasteiger partial charge in [-0.15, -0.1) is 0 Å². The second kappa shape index (κ2) is 7.25. The molecule has 1 saturated heterocycles. The van der Waals surface area contributed by atoms with Gasteiger partial charge in [-0.2, -0.15) is 4.31 Å². The first-order chi connectivity index (χ1) is 10.8. The van der Waals surface area contributed by atoms with Crippen molar-refractivity contribution in [3.8, 4) is 11.5 Å². The molecule has 1 heterocycles. The van der Waals surface area contributed by atoms with Gasteiger partial charge in [0.2, 0.25) is 10.0 Å². The van der Waals surface area contributed by atoms with Crippen molar-refractivity contribution < 1.29 is 17.9 Å². The topological polar surface area (TPSA) is 81.9 Å². The van der Waals surface area contributed by atoms with Gasteiger partial charge in [-0.3, -0.25) is 0 Å². The van der Waals surface area contributed by atoms with Crippen LogP contribution in [0.2, 0.25) is 5.02 Å². The summed E-state index contributed by atoms with van der Waals surface area (Å²) in [7, 11) is -0.746. The first kappa shape index (κ1) is 18.3. The highest BCUT2D eigenvalue weighted by molar-refractivity contribution is 7.89. The van der Waals surface area contributed by atoms with Crippen LogP contribution >= 0.6 is 11.6 Å². The first-order valence-electron chi connectivity index (χ1n) is 7.48. The number of benzene rings is 1. The summed E-state index contributed by atoms with van der Waals surface area (Å²) in [6, 6.07) is 2.94. The molecule has 0 aromatic heterocycles. The lowest BCUT2D eigenvalue weighted by Gasteiger charge is -2.33. The number of nitrogens with zero attached hydrogens (tertiary/aromatic N) is 1. The zero-order valence-corrected chi connectivity index (χ0v) is 15.2. The molecular weight excluding hydrogens is 340 g/mol. The third-order valence-corrected chi connectivity index (χ3v) is 6.66. The molecule has 0 aliphatic carbocycles. The van der Waals surface area contributed by atoms with E-state index in [2.05, 4.69) is 0 Å². The molecule has 1 fully saturated rings. The van der Waals surface area contributed by atoms with Crippen molar-refractivity contribution in [2.45, 2.75) is 30.7 Å². The first-order valence-corrected chi connectivity index (χ1v) is 9.30. The number of nitrogens with two attached hydrogens (primary N) is 1. The standard InChI is InChI=1S/C15H23ClN2O4S/c1-10(17)11-4-6-18(7-5-11)23(19,20)15-9-14(22-3)13(21-2)8-12(15)16/h8-11H,4-7,17H2,1-3H3. The lowest BCUT2D eigenvalue weighted by atomic mass is 9.92. The third kappa shape index (κ3) is 3.74. The van der Waals surface area contributed by atoms with E-state index >= 15 is 0 Å². The van der Waals surface area contributed by atoms with Crippen LogP contribution in [-0.4, -0.2) is 46.1 Å². The maximum absolute atomic E-state index is 12.9. The van der Waals surface area contributed by atoms with Crippen LogP contribution < -0.4 is 15.2 Å². The average Bonchev–Trinajstić information content (AvgIpc) is 2.54. The molecule has 0 spiro atoms. The smallest absolute Gasteiger partial charge is 0.244 e. The molecule has 1 unspecified atom stereocenters. The summed E-state index contributed by atoms with van der Waals surface area (Å²) in [6.07, 6.45) is 1.50. The Kier molecular flexibility index (Phi) is 5.78. The van der Waals surface area contributed by atoms with Gasteiger partial charge in [-0.25, -0.2) is 8.42 Å². The molecule has 2 N–H and O–H groups in total. The second-order valence-electron chi connectivity index (χ2n) is 5.74. The number of methoxy groups -OCH3 is 2. The van der Waals surface area contributed by atoms with Crippen LogP contribution in [0.25, 0.3) is 0 Å². The third-order valence-electron chi connectivity index (χ3n) is 4.30. The van der Waals surface area contributed by atoms with Crippen molar-refractivity contribution in [2.24, 2.45) is 11.7 Å². The van der Waals surface area contributed by atoms with E-state index in [1.807, 2.05) is 6.92 Å². The zero-order chi connectivity index (χ0) is 17.2. The number of hydrogen-bond donors (Lipinski definition) is 1. The van der Waals surface area contributed by atoms with E-state index in [-0.39, 0.29) is 16.0 Å². The van der Waals surface area contributed by atoms with Crippen molar-refractivity contribution in [2.75, 3.05) is 27.3 Å². The van der Waals surface area contributed by atoms with Crippen LogP contribution in [0.5, 0.6) is 11.5 Å². The Labute approximate surface area is 142 Å². The largest absolute Gasteiger partial charge is 0.493 e. The van der Waals surface area contributed by atoms with Crippen molar-refractivity contribution in [1.82, 2.24) is 4.31 Å². The molecule has 1 atom stereocenters. The molecule has 6 nitrogen and oxygen atoms in total. The summed E-state index contributed by atoms with van der Waals surface area (Å²) in [5, 5.41) is 0.122. The van der Waals surface area contributed by atoms with Crippen molar-refractivity contribution in [3.05, 3.63) is 17.2 Å². The number of hydrogen-bond acceptors (Lipinski definition) is 5. The monoisotopic (exact) mass is 362 g/mol. The predicted molar refractivity (Wildman–Crippen MR) is 89.7 cm³/mol. The summed E-state index contributed by atoms with van der Waals surface area (Å²) in [6.45, 7) is 2.85.